The maximum Gasteiger partial charge on any atom is 0.237 e. The highest BCUT2D eigenvalue weighted by atomic mass is 16.2. The van der Waals surface area contributed by atoms with Crippen LogP contribution in [0.1, 0.15) is 46.1 Å². The Morgan fingerprint density at radius 1 is 1.32 bits per heavy atom. The maximum atomic E-state index is 12.6. The molecule has 1 aromatic rings. The fourth-order valence-electron chi connectivity index (χ4n) is 3.18. The highest BCUT2D eigenvalue weighted by Crippen LogP contribution is 2.20. The minimum Gasteiger partial charge on any atom is -0.353 e. The van der Waals surface area contributed by atoms with Crippen LogP contribution in [0.5, 0.6) is 0 Å². The van der Waals surface area contributed by atoms with Crippen LogP contribution < -0.4 is 10.6 Å². The summed E-state index contributed by atoms with van der Waals surface area (Å²) in [5.41, 5.74) is 0.583. The SMILES string of the molecule is CC(C)CCN1CCNC(=O)[C@H]1CC(=O)NC(C)(C)c1ccccc1. The minimum atomic E-state index is -0.466. The van der Waals surface area contributed by atoms with E-state index in [1.54, 1.807) is 0 Å². The van der Waals surface area contributed by atoms with Gasteiger partial charge in [-0.1, -0.05) is 44.2 Å². The van der Waals surface area contributed by atoms with Crippen molar-refractivity contribution in [1.82, 2.24) is 15.5 Å². The third-order valence-corrected chi connectivity index (χ3v) is 4.76. The molecule has 0 radical (unpaired) electrons. The Hall–Kier alpha value is -1.88. The topological polar surface area (TPSA) is 61.4 Å². The van der Waals surface area contributed by atoms with Crippen molar-refractivity contribution in [2.24, 2.45) is 5.92 Å². The highest BCUT2D eigenvalue weighted by Gasteiger charge is 2.33. The molecule has 2 rings (SSSR count). The molecule has 1 aromatic carbocycles. The third kappa shape index (κ3) is 5.56. The van der Waals surface area contributed by atoms with E-state index >= 15 is 0 Å². The van der Waals surface area contributed by atoms with Crippen LogP contribution in [0, 0.1) is 5.92 Å². The monoisotopic (exact) mass is 345 g/mol. The van der Waals surface area contributed by atoms with Gasteiger partial charge in [0.1, 0.15) is 0 Å². The molecular formula is C20H31N3O2. The summed E-state index contributed by atoms with van der Waals surface area (Å²) in [5.74, 6) is 0.449. The molecule has 5 nitrogen and oxygen atoms in total. The molecule has 1 heterocycles. The number of piperazine rings is 1. The van der Waals surface area contributed by atoms with Gasteiger partial charge in [0.2, 0.25) is 11.8 Å². The molecule has 2 N–H and O–H groups in total. The molecule has 25 heavy (non-hydrogen) atoms. The van der Waals surface area contributed by atoms with Gasteiger partial charge in [-0.3, -0.25) is 14.5 Å². The zero-order valence-electron chi connectivity index (χ0n) is 15.8. The molecule has 5 heteroatoms. The van der Waals surface area contributed by atoms with Gasteiger partial charge < -0.3 is 10.6 Å². The summed E-state index contributed by atoms with van der Waals surface area (Å²) in [6.07, 6.45) is 1.22. The number of carbonyl (C=O) groups is 2. The average Bonchev–Trinajstić information content (AvgIpc) is 2.55. The van der Waals surface area contributed by atoms with Crippen LogP contribution in [0.3, 0.4) is 0 Å². The van der Waals surface area contributed by atoms with Crippen LogP contribution in [0.2, 0.25) is 0 Å². The summed E-state index contributed by atoms with van der Waals surface area (Å²) < 4.78 is 0. The Morgan fingerprint density at radius 3 is 2.64 bits per heavy atom. The molecule has 1 aliphatic rings. The Balaban J connectivity index is 2.00. The summed E-state index contributed by atoms with van der Waals surface area (Å²) in [7, 11) is 0. The first kappa shape index (κ1) is 19.4. The Bertz CT molecular complexity index is 584. The standard InChI is InChI=1S/C20H31N3O2/c1-15(2)10-12-23-13-11-21-19(25)17(23)14-18(24)22-20(3,4)16-8-6-5-7-9-16/h5-9,15,17H,10-14H2,1-4H3,(H,21,25)(H,22,24)/t17-/m1/s1. The highest BCUT2D eigenvalue weighted by molar-refractivity contribution is 5.89. The van der Waals surface area contributed by atoms with Crippen molar-refractivity contribution in [3.63, 3.8) is 0 Å². The molecule has 138 valence electrons. The molecule has 1 aliphatic heterocycles. The molecule has 0 bridgehead atoms. The molecule has 0 aliphatic carbocycles. The molecule has 1 fully saturated rings. The molecular weight excluding hydrogens is 314 g/mol. The molecule has 1 saturated heterocycles. The number of carbonyl (C=O) groups excluding carboxylic acids is 2. The number of hydrogen-bond acceptors (Lipinski definition) is 3. The first-order valence-corrected chi connectivity index (χ1v) is 9.18. The van der Waals surface area contributed by atoms with E-state index in [0.717, 1.165) is 25.1 Å². The van der Waals surface area contributed by atoms with Gasteiger partial charge >= 0.3 is 0 Å². The molecule has 0 saturated carbocycles. The lowest BCUT2D eigenvalue weighted by Crippen LogP contribution is -2.57. The van der Waals surface area contributed by atoms with Gasteiger partial charge in [0.15, 0.2) is 0 Å². The summed E-state index contributed by atoms with van der Waals surface area (Å²) in [4.78, 5) is 27.0. The first-order valence-electron chi connectivity index (χ1n) is 9.18. The van der Waals surface area contributed by atoms with Crippen LogP contribution in [0.15, 0.2) is 30.3 Å². The first-order chi connectivity index (χ1) is 11.8. The Kier molecular flexibility index (Phi) is 6.59. The van der Waals surface area contributed by atoms with Crippen molar-refractivity contribution in [2.45, 2.75) is 52.1 Å². The predicted octanol–water partition coefficient (Wildman–Crippen LogP) is 2.27. The fourth-order valence-corrected chi connectivity index (χ4v) is 3.18. The van der Waals surface area contributed by atoms with E-state index < -0.39 is 5.54 Å². The van der Waals surface area contributed by atoms with Gasteiger partial charge in [0.25, 0.3) is 0 Å². The largest absolute Gasteiger partial charge is 0.353 e. The number of nitrogens with one attached hydrogen (secondary N) is 2. The predicted molar refractivity (Wildman–Crippen MR) is 100 cm³/mol. The molecule has 1 atom stereocenters. The summed E-state index contributed by atoms with van der Waals surface area (Å²) in [6.45, 7) is 10.6. The second-order valence-electron chi connectivity index (χ2n) is 7.77. The molecule has 2 amide bonds. The summed E-state index contributed by atoms with van der Waals surface area (Å²) >= 11 is 0. The lowest BCUT2D eigenvalue weighted by Gasteiger charge is -2.36. The van der Waals surface area contributed by atoms with Gasteiger partial charge in [0, 0.05) is 13.1 Å². The van der Waals surface area contributed by atoms with Crippen molar-refractivity contribution in [1.29, 1.82) is 0 Å². The van der Waals surface area contributed by atoms with Gasteiger partial charge in [-0.05, 0) is 38.3 Å². The van der Waals surface area contributed by atoms with Gasteiger partial charge in [-0.2, -0.15) is 0 Å². The molecule has 0 spiro atoms. The number of hydrogen-bond donors (Lipinski definition) is 2. The van der Waals surface area contributed by atoms with Crippen molar-refractivity contribution in [3.8, 4) is 0 Å². The number of benzene rings is 1. The summed E-state index contributed by atoms with van der Waals surface area (Å²) in [5, 5.41) is 5.97. The third-order valence-electron chi connectivity index (χ3n) is 4.76. The zero-order valence-corrected chi connectivity index (χ0v) is 15.8. The van der Waals surface area contributed by atoms with Gasteiger partial charge in [0.05, 0.1) is 18.0 Å². The fraction of sp³-hybridized carbons (Fsp3) is 0.600. The van der Waals surface area contributed by atoms with Crippen LogP contribution in [-0.2, 0) is 15.1 Å². The molecule has 0 aromatic heterocycles. The second kappa shape index (κ2) is 8.48. The molecule has 0 unspecified atom stereocenters. The van der Waals surface area contributed by atoms with Crippen molar-refractivity contribution < 1.29 is 9.59 Å². The van der Waals surface area contributed by atoms with E-state index in [9.17, 15) is 9.59 Å². The lowest BCUT2D eigenvalue weighted by molar-refractivity contribution is -0.134. The maximum absolute atomic E-state index is 12.6. The number of rotatable bonds is 7. The van der Waals surface area contributed by atoms with Crippen LogP contribution in [-0.4, -0.2) is 42.4 Å². The van der Waals surface area contributed by atoms with E-state index in [1.807, 2.05) is 44.2 Å². The van der Waals surface area contributed by atoms with Crippen LogP contribution in [0.4, 0.5) is 0 Å². The average molecular weight is 345 g/mol. The normalized spacial score (nSPS) is 18.9. The summed E-state index contributed by atoms with van der Waals surface area (Å²) in [6, 6.07) is 9.52. The van der Waals surface area contributed by atoms with E-state index in [1.165, 1.54) is 0 Å². The smallest absolute Gasteiger partial charge is 0.237 e. The number of amides is 2. The van der Waals surface area contributed by atoms with Crippen molar-refractivity contribution in [3.05, 3.63) is 35.9 Å². The quantitative estimate of drug-likeness (QED) is 0.797. The van der Waals surface area contributed by atoms with Gasteiger partial charge in [-0.15, -0.1) is 0 Å². The van der Waals surface area contributed by atoms with Crippen molar-refractivity contribution in [2.75, 3.05) is 19.6 Å². The van der Waals surface area contributed by atoms with E-state index in [4.69, 9.17) is 0 Å². The zero-order chi connectivity index (χ0) is 18.4. The Morgan fingerprint density at radius 2 is 2.00 bits per heavy atom. The minimum absolute atomic E-state index is 0.0392. The van der Waals surface area contributed by atoms with Crippen LogP contribution in [0.25, 0.3) is 0 Å². The van der Waals surface area contributed by atoms with E-state index in [2.05, 4.69) is 29.4 Å². The van der Waals surface area contributed by atoms with Gasteiger partial charge in [-0.25, -0.2) is 0 Å². The Labute approximate surface area is 151 Å². The number of nitrogens with zero attached hydrogens (tertiary/aromatic N) is 1. The second-order valence-corrected chi connectivity index (χ2v) is 7.77. The van der Waals surface area contributed by atoms with Crippen molar-refractivity contribution >= 4 is 11.8 Å². The van der Waals surface area contributed by atoms with Crippen LogP contribution >= 0.6 is 0 Å². The lowest BCUT2D eigenvalue weighted by atomic mass is 9.94. The van der Waals surface area contributed by atoms with E-state index in [-0.39, 0.29) is 24.3 Å². The van der Waals surface area contributed by atoms with E-state index in [0.29, 0.717) is 12.5 Å².